The van der Waals surface area contributed by atoms with Crippen LogP contribution >= 0.6 is 0 Å². The van der Waals surface area contributed by atoms with Gasteiger partial charge in [0.05, 0.1) is 5.54 Å². The van der Waals surface area contributed by atoms with E-state index in [0.29, 0.717) is 0 Å². The maximum Gasteiger partial charge on any atom is 0.507 e. The molecule has 0 saturated heterocycles. The summed E-state index contributed by atoms with van der Waals surface area (Å²) >= 11 is 0. The van der Waals surface area contributed by atoms with Crippen LogP contribution in [-0.2, 0) is 13.3 Å². The minimum absolute atomic E-state index is 1.02. The van der Waals surface area contributed by atoms with E-state index in [9.17, 15) is 22.0 Å². The van der Waals surface area contributed by atoms with Crippen molar-refractivity contribution < 1.29 is 35.2 Å². The van der Waals surface area contributed by atoms with Gasteiger partial charge in [0.1, 0.15) is 0 Å². The quantitative estimate of drug-likeness (QED) is 0.362. The van der Waals surface area contributed by atoms with E-state index in [1.165, 1.54) is 28.3 Å². The summed E-state index contributed by atoms with van der Waals surface area (Å²) in [6.45, 7) is 1.21. The van der Waals surface area contributed by atoms with Crippen LogP contribution < -0.4 is 0 Å². The third-order valence-electron chi connectivity index (χ3n) is 3.06. The van der Waals surface area contributed by atoms with Gasteiger partial charge >= 0.3 is 8.80 Å². The maximum absolute atomic E-state index is 13.7. The first kappa shape index (κ1) is 17.0. The van der Waals surface area contributed by atoms with Crippen LogP contribution in [0, 0.1) is 29.1 Å². The molecule has 1 unspecified atom stereocenters. The molecule has 1 rings (SSSR count). The minimum Gasteiger partial charge on any atom is -0.376 e. The Morgan fingerprint density at radius 2 is 1.00 bits per heavy atom. The van der Waals surface area contributed by atoms with Crippen LogP contribution in [0.2, 0.25) is 0 Å². The molecule has 9 heteroatoms. The van der Waals surface area contributed by atoms with Gasteiger partial charge in [0.2, 0.25) is 5.82 Å². The van der Waals surface area contributed by atoms with Gasteiger partial charge in [0.15, 0.2) is 23.3 Å². The molecule has 0 bridgehead atoms. The van der Waals surface area contributed by atoms with Crippen molar-refractivity contribution in [3.63, 3.8) is 0 Å². The smallest absolute Gasteiger partial charge is 0.376 e. The summed E-state index contributed by atoms with van der Waals surface area (Å²) in [5.41, 5.74) is -2.30. The molecule has 3 nitrogen and oxygen atoms in total. The van der Waals surface area contributed by atoms with Gasteiger partial charge in [-0.3, -0.25) is 0 Å². The van der Waals surface area contributed by atoms with Crippen LogP contribution in [-0.4, -0.2) is 30.1 Å². The maximum atomic E-state index is 13.7. The SMILES string of the molecule is CO[Si](OC)(OC)C(C)c1c(F)c(F)c(F)c(F)c1F. The highest BCUT2D eigenvalue weighted by molar-refractivity contribution is 6.62. The molecular weight excluding hydrogens is 303 g/mol. The van der Waals surface area contributed by atoms with Gasteiger partial charge in [-0.1, -0.05) is 6.92 Å². The van der Waals surface area contributed by atoms with E-state index >= 15 is 0 Å². The lowest BCUT2D eigenvalue weighted by Gasteiger charge is -2.30. The van der Waals surface area contributed by atoms with E-state index < -0.39 is 49.0 Å². The zero-order chi connectivity index (χ0) is 15.7. The van der Waals surface area contributed by atoms with Crippen molar-refractivity contribution in [2.45, 2.75) is 12.5 Å². The van der Waals surface area contributed by atoms with Gasteiger partial charge in [-0.2, -0.15) is 0 Å². The van der Waals surface area contributed by atoms with Crippen molar-refractivity contribution in [2.75, 3.05) is 21.3 Å². The fourth-order valence-electron chi connectivity index (χ4n) is 1.96. The molecule has 1 aromatic rings. The van der Waals surface area contributed by atoms with Gasteiger partial charge < -0.3 is 13.3 Å². The van der Waals surface area contributed by atoms with Crippen LogP contribution in [0.4, 0.5) is 22.0 Å². The number of hydrogen-bond acceptors (Lipinski definition) is 3. The topological polar surface area (TPSA) is 27.7 Å². The summed E-state index contributed by atoms with van der Waals surface area (Å²) in [6.07, 6.45) is 0. The third kappa shape index (κ3) is 2.46. The van der Waals surface area contributed by atoms with E-state index in [1.807, 2.05) is 0 Å². The van der Waals surface area contributed by atoms with Crippen LogP contribution in [0.25, 0.3) is 0 Å². The number of benzene rings is 1. The Hall–Kier alpha value is -1.03. The molecular formula is C11H13F5O3Si. The average Bonchev–Trinajstić information content (AvgIpc) is 2.46. The van der Waals surface area contributed by atoms with E-state index in [4.69, 9.17) is 13.3 Å². The largest absolute Gasteiger partial charge is 0.507 e. The van der Waals surface area contributed by atoms with Crippen LogP contribution in [0.1, 0.15) is 18.0 Å². The first-order valence-electron chi connectivity index (χ1n) is 5.44. The van der Waals surface area contributed by atoms with Gasteiger partial charge in [-0.15, -0.1) is 0 Å². The fourth-order valence-corrected chi connectivity index (χ4v) is 4.13. The summed E-state index contributed by atoms with van der Waals surface area (Å²) in [5.74, 6) is -10.1. The molecule has 0 heterocycles. The van der Waals surface area contributed by atoms with E-state index in [1.54, 1.807) is 0 Å². The summed E-state index contributed by atoms with van der Waals surface area (Å²) in [4.78, 5) is 0. The predicted octanol–water partition coefficient (Wildman–Crippen LogP) is 2.90. The summed E-state index contributed by atoms with van der Waals surface area (Å²) in [5, 5.41) is 0. The van der Waals surface area contributed by atoms with E-state index in [-0.39, 0.29) is 0 Å². The van der Waals surface area contributed by atoms with E-state index in [0.717, 1.165) is 0 Å². The molecule has 0 aliphatic carbocycles. The second-order valence-corrected chi connectivity index (χ2v) is 7.22. The second kappa shape index (κ2) is 6.16. The Labute approximate surface area is 113 Å². The molecule has 1 aromatic carbocycles. The van der Waals surface area contributed by atoms with Crippen molar-refractivity contribution in [2.24, 2.45) is 0 Å². The predicted molar refractivity (Wildman–Crippen MR) is 61.4 cm³/mol. The van der Waals surface area contributed by atoms with E-state index in [2.05, 4.69) is 0 Å². The third-order valence-corrected chi connectivity index (χ3v) is 6.12. The lowest BCUT2D eigenvalue weighted by atomic mass is 10.1. The lowest BCUT2D eigenvalue weighted by molar-refractivity contribution is 0.113. The second-order valence-electron chi connectivity index (χ2n) is 3.92. The summed E-state index contributed by atoms with van der Waals surface area (Å²) in [6, 6.07) is 0. The molecule has 0 aliphatic heterocycles. The van der Waals surface area contributed by atoms with Gasteiger partial charge in [-0.25, -0.2) is 22.0 Å². The highest BCUT2D eigenvalue weighted by Crippen LogP contribution is 2.34. The van der Waals surface area contributed by atoms with Crippen molar-refractivity contribution in [1.29, 1.82) is 0 Å². The Bertz CT molecular complexity index is 470. The number of hydrogen-bond donors (Lipinski definition) is 0. The molecule has 0 fully saturated rings. The average molecular weight is 316 g/mol. The molecule has 114 valence electrons. The Morgan fingerprint density at radius 3 is 1.30 bits per heavy atom. The van der Waals surface area contributed by atoms with Gasteiger partial charge in [0.25, 0.3) is 0 Å². The van der Waals surface area contributed by atoms with Crippen LogP contribution in [0.15, 0.2) is 0 Å². The zero-order valence-electron chi connectivity index (χ0n) is 11.2. The molecule has 0 amide bonds. The molecule has 20 heavy (non-hydrogen) atoms. The van der Waals surface area contributed by atoms with Crippen LogP contribution in [0.5, 0.6) is 0 Å². The molecule has 0 saturated carbocycles. The van der Waals surface area contributed by atoms with Crippen molar-refractivity contribution in [3.8, 4) is 0 Å². The first-order valence-corrected chi connectivity index (χ1v) is 7.24. The Balaban J connectivity index is 3.55. The minimum atomic E-state index is -3.62. The molecule has 0 aliphatic rings. The Kier molecular flexibility index (Phi) is 5.25. The summed E-state index contributed by atoms with van der Waals surface area (Å²) < 4.78 is 81.8. The molecule has 1 atom stereocenters. The van der Waals surface area contributed by atoms with Crippen molar-refractivity contribution >= 4 is 8.80 Å². The van der Waals surface area contributed by atoms with Crippen molar-refractivity contribution in [1.82, 2.24) is 0 Å². The summed E-state index contributed by atoms with van der Waals surface area (Å²) in [7, 11) is -0.118. The van der Waals surface area contributed by atoms with Gasteiger partial charge in [-0.05, 0) is 0 Å². The monoisotopic (exact) mass is 316 g/mol. The highest BCUT2D eigenvalue weighted by Gasteiger charge is 2.49. The zero-order valence-corrected chi connectivity index (χ0v) is 12.2. The molecule has 0 N–H and O–H groups in total. The van der Waals surface area contributed by atoms with Gasteiger partial charge in [0, 0.05) is 26.9 Å². The lowest BCUT2D eigenvalue weighted by Crippen LogP contribution is -2.49. The normalized spacial score (nSPS) is 13.7. The molecule has 0 aromatic heterocycles. The van der Waals surface area contributed by atoms with Crippen molar-refractivity contribution in [3.05, 3.63) is 34.6 Å². The number of rotatable bonds is 5. The molecule has 0 radical (unpaired) electrons. The van der Waals surface area contributed by atoms with Crippen LogP contribution in [0.3, 0.4) is 0 Å². The highest BCUT2D eigenvalue weighted by atomic mass is 28.4. The fraction of sp³-hybridized carbons (Fsp3) is 0.455. The number of halogens is 5. The standard InChI is InChI=1S/C11H13F5O3Si/c1-5(20(17-2,18-3)19-4)6-7(12)9(14)11(16)10(15)8(6)13/h5H,1-4H3. The first-order chi connectivity index (χ1) is 9.27. The Morgan fingerprint density at radius 1 is 0.700 bits per heavy atom. The molecule has 0 spiro atoms.